The van der Waals surface area contributed by atoms with E-state index in [9.17, 15) is 9.59 Å². The zero-order valence-corrected chi connectivity index (χ0v) is 21.0. The summed E-state index contributed by atoms with van der Waals surface area (Å²) in [5.74, 6) is 1.42. The molecule has 3 aromatic rings. The highest BCUT2D eigenvalue weighted by atomic mass is 16.2. The predicted octanol–water partition coefficient (Wildman–Crippen LogP) is 5.88. The summed E-state index contributed by atoms with van der Waals surface area (Å²) in [6.07, 6.45) is 6.33. The first-order valence-corrected chi connectivity index (χ1v) is 13.4. The highest BCUT2D eigenvalue weighted by molar-refractivity contribution is 5.98. The van der Waals surface area contributed by atoms with Crippen LogP contribution >= 0.6 is 0 Å². The quantitative estimate of drug-likeness (QED) is 0.442. The third-order valence-electron chi connectivity index (χ3n) is 7.92. The van der Waals surface area contributed by atoms with Crippen LogP contribution in [0.25, 0.3) is 0 Å². The Balaban J connectivity index is 1.10. The molecule has 2 heterocycles. The molecule has 0 unspecified atom stereocenters. The number of benzene rings is 3. The van der Waals surface area contributed by atoms with Crippen LogP contribution in [0.1, 0.15) is 57.5 Å². The topological polar surface area (TPSA) is 40.6 Å². The number of amides is 2. The average molecular weight is 481 g/mol. The summed E-state index contributed by atoms with van der Waals surface area (Å²) in [4.78, 5) is 30.1. The van der Waals surface area contributed by atoms with Crippen molar-refractivity contribution in [1.29, 1.82) is 0 Å². The summed E-state index contributed by atoms with van der Waals surface area (Å²) < 4.78 is 0. The normalized spacial score (nSPS) is 17.2. The molecule has 0 bridgehead atoms. The first-order chi connectivity index (χ1) is 17.7. The van der Waals surface area contributed by atoms with Gasteiger partial charge in [0.05, 0.1) is 0 Å². The van der Waals surface area contributed by atoms with Gasteiger partial charge in [-0.05, 0) is 85.8 Å². The van der Waals surface area contributed by atoms with Gasteiger partial charge in [0.2, 0.25) is 0 Å². The van der Waals surface area contributed by atoms with Crippen LogP contribution in [0, 0.1) is 11.8 Å². The Morgan fingerprint density at radius 2 is 0.861 bits per heavy atom. The fourth-order valence-corrected chi connectivity index (χ4v) is 5.70. The fourth-order valence-electron chi connectivity index (χ4n) is 5.70. The van der Waals surface area contributed by atoms with Crippen LogP contribution in [-0.4, -0.2) is 47.8 Å². The molecule has 0 radical (unpaired) electrons. The van der Waals surface area contributed by atoms with Gasteiger partial charge >= 0.3 is 0 Å². The Kier molecular flexibility index (Phi) is 7.80. The number of hydrogen-bond donors (Lipinski definition) is 0. The molecule has 0 saturated carbocycles. The van der Waals surface area contributed by atoms with Crippen LogP contribution in [0.3, 0.4) is 0 Å². The lowest BCUT2D eigenvalue weighted by molar-refractivity contribution is 0.0678. The van der Waals surface area contributed by atoms with Crippen LogP contribution < -0.4 is 0 Å². The molecular formula is C32H36N2O2. The monoisotopic (exact) mass is 480 g/mol. The van der Waals surface area contributed by atoms with E-state index in [0.717, 1.165) is 64.7 Å². The Labute approximate surface area is 214 Å². The van der Waals surface area contributed by atoms with Crippen molar-refractivity contribution >= 4 is 11.8 Å². The summed E-state index contributed by atoms with van der Waals surface area (Å²) in [7, 11) is 0. The van der Waals surface area contributed by atoms with E-state index in [-0.39, 0.29) is 11.8 Å². The lowest BCUT2D eigenvalue weighted by atomic mass is 9.90. The van der Waals surface area contributed by atoms with E-state index >= 15 is 0 Å². The Morgan fingerprint density at radius 3 is 1.19 bits per heavy atom. The van der Waals surface area contributed by atoms with Gasteiger partial charge in [-0.15, -0.1) is 0 Å². The molecule has 2 fully saturated rings. The molecule has 4 nitrogen and oxygen atoms in total. The second kappa shape index (κ2) is 11.6. The van der Waals surface area contributed by atoms with Crippen LogP contribution in [0.4, 0.5) is 0 Å². The predicted molar refractivity (Wildman–Crippen MR) is 144 cm³/mol. The van der Waals surface area contributed by atoms with E-state index in [1.54, 1.807) is 0 Å². The minimum atomic E-state index is 0.0777. The number of carbonyl (C=O) groups is 2. The first-order valence-electron chi connectivity index (χ1n) is 13.4. The highest BCUT2D eigenvalue weighted by Gasteiger charge is 2.26. The number of carbonyl (C=O) groups excluding carboxylic acids is 2. The van der Waals surface area contributed by atoms with Gasteiger partial charge in [-0.3, -0.25) is 9.59 Å². The van der Waals surface area contributed by atoms with E-state index in [0.29, 0.717) is 23.0 Å². The summed E-state index contributed by atoms with van der Waals surface area (Å²) in [5.41, 5.74) is 4.11. The van der Waals surface area contributed by atoms with Gasteiger partial charge in [0.15, 0.2) is 0 Å². The van der Waals surface area contributed by atoms with Gasteiger partial charge in [-0.25, -0.2) is 0 Å². The maximum Gasteiger partial charge on any atom is 0.253 e. The van der Waals surface area contributed by atoms with Crippen LogP contribution in [0.2, 0.25) is 0 Å². The van der Waals surface area contributed by atoms with Crippen molar-refractivity contribution in [3.63, 3.8) is 0 Å². The van der Waals surface area contributed by atoms with Crippen molar-refractivity contribution in [3.8, 4) is 0 Å². The number of rotatable bonds is 6. The molecule has 0 aromatic heterocycles. The minimum absolute atomic E-state index is 0.0777. The van der Waals surface area contributed by atoms with Crippen LogP contribution in [-0.2, 0) is 12.8 Å². The van der Waals surface area contributed by atoms with E-state index in [4.69, 9.17) is 0 Å². The lowest BCUT2D eigenvalue weighted by Gasteiger charge is -2.33. The molecule has 186 valence electrons. The van der Waals surface area contributed by atoms with E-state index in [2.05, 4.69) is 60.7 Å². The van der Waals surface area contributed by atoms with Crippen molar-refractivity contribution in [2.75, 3.05) is 26.2 Å². The largest absolute Gasteiger partial charge is 0.339 e. The highest BCUT2D eigenvalue weighted by Crippen LogP contribution is 2.25. The SMILES string of the molecule is O=C(c1ccc(C(=O)N2CCC(Cc3ccccc3)CC2)cc1)N1CCC(Cc2ccccc2)CC1. The van der Waals surface area contributed by atoms with E-state index in [1.807, 2.05) is 34.1 Å². The fraction of sp³-hybridized carbons (Fsp3) is 0.375. The maximum atomic E-state index is 13.1. The molecule has 2 aliphatic rings. The standard InChI is InChI=1S/C32H36N2O2/c35-31(33-19-15-27(16-20-33)23-25-7-3-1-4-8-25)29-11-13-30(14-12-29)32(36)34-21-17-28(18-22-34)24-26-9-5-2-6-10-26/h1-14,27-28H,15-24H2. The Morgan fingerprint density at radius 1 is 0.528 bits per heavy atom. The van der Waals surface area contributed by atoms with Crippen molar-refractivity contribution in [3.05, 3.63) is 107 Å². The Hall–Kier alpha value is -3.40. The zero-order valence-electron chi connectivity index (χ0n) is 21.0. The Bertz CT molecular complexity index is 1040. The summed E-state index contributed by atoms with van der Waals surface area (Å²) in [6.45, 7) is 3.20. The molecule has 0 aliphatic carbocycles. The molecule has 5 rings (SSSR count). The van der Waals surface area contributed by atoms with E-state index in [1.165, 1.54) is 11.1 Å². The van der Waals surface area contributed by atoms with Gasteiger partial charge in [0.25, 0.3) is 11.8 Å². The molecule has 0 spiro atoms. The van der Waals surface area contributed by atoms with Crippen molar-refractivity contribution in [2.45, 2.75) is 38.5 Å². The zero-order chi connectivity index (χ0) is 24.7. The number of likely N-dealkylation sites (tertiary alicyclic amines) is 2. The smallest absolute Gasteiger partial charge is 0.253 e. The number of nitrogens with zero attached hydrogens (tertiary/aromatic N) is 2. The average Bonchev–Trinajstić information content (AvgIpc) is 2.94. The second-order valence-corrected chi connectivity index (χ2v) is 10.4. The molecule has 0 atom stereocenters. The van der Waals surface area contributed by atoms with E-state index < -0.39 is 0 Å². The van der Waals surface area contributed by atoms with Gasteiger partial charge in [0, 0.05) is 37.3 Å². The van der Waals surface area contributed by atoms with Crippen LogP contribution in [0.5, 0.6) is 0 Å². The summed E-state index contributed by atoms with van der Waals surface area (Å²) in [6, 6.07) is 28.5. The first kappa shape index (κ1) is 24.3. The van der Waals surface area contributed by atoms with Crippen molar-refractivity contribution < 1.29 is 9.59 Å². The molecule has 2 aliphatic heterocycles. The third-order valence-corrected chi connectivity index (χ3v) is 7.92. The van der Waals surface area contributed by atoms with Gasteiger partial charge in [-0.1, -0.05) is 60.7 Å². The summed E-state index contributed by atoms with van der Waals surface area (Å²) >= 11 is 0. The maximum absolute atomic E-state index is 13.1. The van der Waals surface area contributed by atoms with Gasteiger partial charge in [0.1, 0.15) is 0 Å². The lowest BCUT2D eigenvalue weighted by Crippen LogP contribution is -2.39. The van der Waals surface area contributed by atoms with Crippen LogP contribution in [0.15, 0.2) is 84.9 Å². The molecular weight excluding hydrogens is 444 g/mol. The number of hydrogen-bond acceptors (Lipinski definition) is 2. The molecule has 2 amide bonds. The summed E-state index contributed by atoms with van der Waals surface area (Å²) in [5, 5.41) is 0. The van der Waals surface area contributed by atoms with Crippen molar-refractivity contribution in [2.24, 2.45) is 11.8 Å². The molecule has 0 N–H and O–H groups in total. The minimum Gasteiger partial charge on any atom is -0.339 e. The van der Waals surface area contributed by atoms with Gasteiger partial charge in [-0.2, -0.15) is 0 Å². The number of piperidine rings is 2. The van der Waals surface area contributed by atoms with Crippen molar-refractivity contribution in [1.82, 2.24) is 9.80 Å². The molecule has 36 heavy (non-hydrogen) atoms. The third kappa shape index (κ3) is 6.04. The molecule has 3 aromatic carbocycles. The molecule has 2 saturated heterocycles. The van der Waals surface area contributed by atoms with Gasteiger partial charge < -0.3 is 9.80 Å². The molecule has 4 heteroatoms. The second-order valence-electron chi connectivity index (χ2n) is 10.4.